The third-order valence-electron chi connectivity index (χ3n) is 7.14. The first-order valence-electron chi connectivity index (χ1n) is 11.8. The fourth-order valence-electron chi connectivity index (χ4n) is 5.35. The Balaban J connectivity index is 1.67. The molecule has 0 aromatic heterocycles. The summed E-state index contributed by atoms with van der Waals surface area (Å²) in [6.45, 7) is 15.0. The van der Waals surface area contributed by atoms with Gasteiger partial charge in [-0.15, -0.1) is 0 Å². The van der Waals surface area contributed by atoms with Gasteiger partial charge in [-0.3, -0.25) is 0 Å². The Bertz CT molecular complexity index is 1260. The molecule has 0 spiro atoms. The molecule has 0 bridgehead atoms. The Labute approximate surface area is 218 Å². The minimum Gasteiger partial charge on any atom is -0.344 e. The first-order valence-corrected chi connectivity index (χ1v) is 12.9. The largest absolute Gasteiger partial charge is 0.344 e. The quantitative estimate of drug-likeness (QED) is 0.285. The summed E-state index contributed by atoms with van der Waals surface area (Å²) >= 11 is 19.3. The Kier molecular flexibility index (Phi) is 6.81. The van der Waals surface area contributed by atoms with Gasteiger partial charge in [-0.05, 0) is 81.8 Å². The molecule has 0 atom stereocenters. The second-order valence-corrected chi connectivity index (χ2v) is 11.2. The van der Waals surface area contributed by atoms with E-state index in [0.29, 0.717) is 5.03 Å². The van der Waals surface area contributed by atoms with Gasteiger partial charge in [0, 0.05) is 56.1 Å². The van der Waals surface area contributed by atoms with Crippen molar-refractivity contribution in [1.82, 2.24) is 0 Å². The van der Waals surface area contributed by atoms with Crippen molar-refractivity contribution in [1.29, 1.82) is 0 Å². The van der Waals surface area contributed by atoms with Gasteiger partial charge >= 0.3 is 0 Å². The van der Waals surface area contributed by atoms with Crippen molar-refractivity contribution in [2.75, 3.05) is 18.0 Å². The van der Waals surface area contributed by atoms with E-state index in [4.69, 9.17) is 34.8 Å². The summed E-state index contributed by atoms with van der Waals surface area (Å²) in [4.78, 5) is 2.34. The molecule has 2 aliphatic heterocycles. The van der Waals surface area contributed by atoms with Crippen molar-refractivity contribution < 1.29 is 4.58 Å². The molecule has 2 aromatic carbocycles. The number of halogens is 3. The lowest BCUT2D eigenvalue weighted by molar-refractivity contribution is -0.433. The number of likely N-dealkylation sites (N-methyl/N-ethyl adjacent to an activating group) is 1. The standard InChI is InChI=1S/C29H32Cl3N2/c1-7-33-24-13-9-20(31)17-22(24)28(3,4)26(33)15-11-19(30)12-16-27-29(5,6)23-18-21(32)10-14-25(23)34(27)8-2/h9-18H,7-8H2,1-6H3/q+1. The Hall–Kier alpha value is -2.00. The maximum Gasteiger partial charge on any atom is 0.209 e. The second-order valence-electron chi connectivity index (χ2n) is 9.88. The van der Waals surface area contributed by atoms with E-state index in [0.717, 1.165) is 23.1 Å². The molecule has 178 valence electrons. The predicted octanol–water partition coefficient (Wildman–Crippen LogP) is 8.77. The third-order valence-corrected chi connectivity index (χ3v) is 7.86. The molecular formula is C29H32Cl3N2+. The molecule has 0 fully saturated rings. The van der Waals surface area contributed by atoms with Crippen LogP contribution in [0.1, 0.15) is 52.7 Å². The van der Waals surface area contributed by atoms with Gasteiger partial charge in [-0.25, -0.2) is 0 Å². The van der Waals surface area contributed by atoms with Gasteiger partial charge in [0.05, 0.1) is 5.41 Å². The van der Waals surface area contributed by atoms with E-state index in [-0.39, 0.29) is 10.8 Å². The zero-order chi connectivity index (χ0) is 24.8. The number of allylic oxidation sites excluding steroid dienone is 6. The van der Waals surface area contributed by atoms with Crippen molar-refractivity contribution >= 4 is 51.9 Å². The van der Waals surface area contributed by atoms with Crippen molar-refractivity contribution in [2.24, 2.45) is 0 Å². The number of benzene rings is 2. The monoisotopic (exact) mass is 513 g/mol. The van der Waals surface area contributed by atoms with Crippen LogP contribution in [0.25, 0.3) is 0 Å². The molecule has 34 heavy (non-hydrogen) atoms. The summed E-state index contributed by atoms with van der Waals surface area (Å²) in [5, 5.41) is 2.21. The highest BCUT2D eigenvalue weighted by atomic mass is 35.5. The summed E-state index contributed by atoms with van der Waals surface area (Å²) in [7, 11) is 0. The number of anilines is 1. The number of hydrogen-bond donors (Lipinski definition) is 0. The van der Waals surface area contributed by atoms with Crippen LogP contribution in [0.5, 0.6) is 0 Å². The summed E-state index contributed by atoms with van der Waals surface area (Å²) in [5.41, 5.74) is 7.02. The van der Waals surface area contributed by atoms with Crippen LogP contribution < -0.4 is 4.90 Å². The molecule has 5 heteroatoms. The lowest BCUT2D eigenvalue weighted by Crippen LogP contribution is -2.27. The van der Waals surface area contributed by atoms with Crippen LogP contribution in [0.4, 0.5) is 11.4 Å². The Morgan fingerprint density at radius 1 is 0.941 bits per heavy atom. The first-order chi connectivity index (χ1) is 16.0. The molecule has 0 saturated carbocycles. The number of fused-ring (bicyclic) bond motifs is 2. The molecule has 0 saturated heterocycles. The summed E-state index contributed by atoms with van der Waals surface area (Å²) in [6, 6.07) is 12.3. The molecule has 0 amide bonds. The van der Waals surface area contributed by atoms with Crippen LogP contribution in [-0.2, 0) is 10.8 Å². The van der Waals surface area contributed by atoms with E-state index in [1.165, 1.54) is 33.9 Å². The van der Waals surface area contributed by atoms with E-state index in [1.807, 2.05) is 24.3 Å². The van der Waals surface area contributed by atoms with Crippen LogP contribution in [-0.4, -0.2) is 23.4 Å². The highest BCUT2D eigenvalue weighted by Crippen LogP contribution is 2.48. The smallest absolute Gasteiger partial charge is 0.209 e. The molecule has 2 aromatic rings. The maximum atomic E-state index is 6.72. The lowest BCUT2D eigenvalue weighted by atomic mass is 9.81. The number of nitrogens with zero attached hydrogens (tertiary/aromatic N) is 2. The van der Waals surface area contributed by atoms with E-state index in [1.54, 1.807) is 0 Å². The van der Waals surface area contributed by atoms with E-state index >= 15 is 0 Å². The van der Waals surface area contributed by atoms with E-state index in [9.17, 15) is 0 Å². The molecule has 0 radical (unpaired) electrons. The van der Waals surface area contributed by atoms with Gasteiger partial charge < -0.3 is 4.90 Å². The Morgan fingerprint density at radius 2 is 1.59 bits per heavy atom. The average molecular weight is 515 g/mol. The second kappa shape index (κ2) is 9.22. The van der Waals surface area contributed by atoms with Gasteiger partial charge in [0.25, 0.3) is 0 Å². The zero-order valence-corrected chi connectivity index (χ0v) is 23.0. The van der Waals surface area contributed by atoms with Gasteiger partial charge in [-0.1, -0.05) is 48.7 Å². The van der Waals surface area contributed by atoms with Crippen molar-refractivity contribution in [3.63, 3.8) is 0 Å². The summed E-state index contributed by atoms with van der Waals surface area (Å²) in [6.07, 6.45) is 8.27. The van der Waals surface area contributed by atoms with Crippen LogP contribution in [0.2, 0.25) is 10.0 Å². The fraction of sp³-hybridized carbons (Fsp3) is 0.345. The molecule has 0 aliphatic carbocycles. The highest BCUT2D eigenvalue weighted by Gasteiger charge is 2.44. The van der Waals surface area contributed by atoms with E-state index < -0.39 is 0 Å². The molecule has 0 N–H and O–H groups in total. The van der Waals surface area contributed by atoms with Gasteiger partial charge in [0.15, 0.2) is 5.71 Å². The van der Waals surface area contributed by atoms with Crippen molar-refractivity contribution in [3.8, 4) is 0 Å². The normalized spacial score (nSPS) is 20.0. The van der Waals surface area contributed by atoms with Gasteiger partial charge in [0.1, 0.15) is 6.54 Å². The van der Waals surface area contributed by atoms with Crippen LogP contribution in [0, 0.1) is 0 Å². The number of hydrogen-bond acceptors (Lipinski definition) is 1. The number of rotatable bonds is 5. The van der Waals surface area contributed by atoms with Crippen molar-refractivity contribution in [3.05, 3.63) is 92.6 Å². The molecule has 0 unspecified atom stereocenters. The highest BCUT2D eigenvalue weighted by molar-refractivity contribution is 6.32. The predicted molar refractivity (Wildman–Crippen MR) is 149 cm³/mol. The van der Waals surface area contributed by atoms with Crippen LogP contribution >= 0.6 is 34.8 Å². The fourth-order valence-corrected chi connectivity index (χ4v) is 5.82. The zero-order valence-electron chi connectivity index (χ0n) is 20.7. The first kappa shape index (κ1) is 25.1. The van der Waals surface area contributed by atoms with Crippen LogP contribution in [0.3, 0.4) is 0 Å². The molecule has 4 rings (SSSR count). The molecule has 2 aliphatic rings. The van der Waals surface area contributed by atoms with Gasteiger partial charge in [0.2, 0.25) is 5.69 Å². The van der Waals surface area contributed by atoms with Crippen LogP contribution in [0.15, 0.2) is 71.4 Å². The van der Waals surface area contributed by atoms with Crippen molar-refractivity contribution in [2.45, 2.75) is 52.4 Å². The minimum absolute atomic E-state index is 0.157. The average Bonchev–Trinajstić information content (AvgIpc) is 3.13. The SMILES string of the molecule is CCN1\C(=C/C=C(Cl)/C=C/C2=[N+](CC)c3ccc(Cl)cc3C2(C)C)C(C)(C)c2cc(Cl)ccc21. The molecule has 2 heterocycles. The lowest BCUT2D eigenvalue weighted by Gasteiger charge is -2.25. The summed E-state index contributed by atoms with van der Waals surface area (Å²) < 4.78 is 2.34. The molecule has 2 nitrogen and oxygen atoms in total. The molecular weight excluding hydrogens is 483 g/mol. The Morgan fingerprint density at radius 3 is 2.24 bits per heavy atom. The maximum absolute atomic E-state index is 6.72. The minimum atomic E-state index is -0.157. The topological polar surface area (TPSA) is 6.25 Å². The summed E-state index contributed by atoms with van der Waals surface area (Å²) in [5.74, 6) is 0. The van der Waals surface area contributed by atoms with Gasteiger partial charge in [-0.2, -0.15) is 4.58 Å². The third kappa shape index (κ3) is 4.15. The van der Waals surface area contributed by atoms with E-state index in [2.05, 4.69) is 87.4 Å².